The number of fused-ring (bicyclic) bond motifs is 3. The molecule has 0 N–H and O–H groups in total. The Morgan fingerprint density at radius 1 is 0.778 bits per heavy atom. The zero-order chi connectivity index (χ0) is 12.1. The molecule has 0 radical (unpaired) electrons. The van der Waals surface area contributed by atoms with Crippen molar-refractivity contribution in [3.8, 4) is 0 Å². The number of thiazole rings is 1. The summed E-state index contributed by atoms with van der Waals surface area (Å²) in [5, 5.41) is 1.07. The molecule has 4 heteroatoms. The summed E-state index contributed by atoms with van der Waals surface area (Å²) < 4.78 is 1.17. The van der Waals surface area contributed by atoms with Gasteiger partial charge in [-0.05, 0) is 31.2 Å². The van der Waals surface area contributed by atoms with Crippen molar-refractivity contribution in [1.29, 1.82) is 0 Å². The highest BCUT2D eigenvalue weighted by atomic mass is 32.1. The molecule has 0 saturated heterocycles. The highest BCUT2D eigenvalue weighted by Gasteiger charge is 2.06. The minimum absolute atomic E-state index is 0.909. The lowest BCUT2D eigenvalue weighted by Crippen LogP contribution is -1.86. The fourth-order valence-corrected chi connectivity index (χ4v) is 3.00. The Bertz CT molecular complexity index is 823. The largest absolute Gasteiger partial charge is 0.244 e. The van der Waals surface area contributed by atoms with Crippen LogP contribution in [0.1, 0.15) is 5.01 Å². The first-order chi connectivity index (χ1) is 8.79. The molecule has 0 atom stereocenters. The molecular weight excluding hydrogens is 242 g/mol. The summed E-state index contributed by atoms with van der Waals surface area (Å²) >= 11 is 1.69. The number of hydrogen-bond acceptors (Lipinski definition) is 4. The molecule has 4 rings (SSSR count). The van der Waals surface area contributed by atoms with Gasteiger partial charge in [0, 0.05) is 0 Å². The van der Waals surface area contributed by atoms with E-state index in [1.165, 1.54) is 4.70 Å². The Labute approximate surface area is 107 Å². The van der Waals surface area contributed by atoms with Gasteiger partial charge in [-0.2, -0.15) is 0 Å². The summed E-state index contributed by atoms with van der Waals surface area (Å²) in [5.41, 5.74) is 4.72. The van der Waals surface area contributed by atoms with Gasteiger partial charge in [0.1, 0.15) is 0 Å². The average molecular weight is 251 g/mol. The van der Waals surface area contributed by atoms with E-state index in [-0.39, 0.29) is 0 Å². The van der Waals surface area contributed by atoms with Gasteiger partial charge in [-0.15, -0.1) is 11.3 Å². The highest BCUT2D eigenvalue weighted by molar-refractivity contribution is 7.18. The van der Waals surface area contributed by atoms with Crippen molar-refractivity contribution in [2.75, 3.05) is 0 Å². The number of benzene rings is 2. The summed E-state index contributed by atoms with van der Waals surface area (Å²) in [7, 11) is 0. The predicted molar refractivity (Wildman–Crippen MR) is 75.0 cm³/mol. The van der Waals surface area contributed by atoms with Crippen molar-refractivity contribution in [3.63, 3.8) is 0 Å². The third-order valence-corrected chi connectivity index (χ3v) is 3.89. The topological polar surface area (TPSA) is 38.7 Å². The molecule has 3 nitrogen and oxygen atoms in total. The summed E-state index contributed by atoms with van der Waals surface area (Å²) in [6.45, 7) is 2.02. The average Bonchev–Trinajstić information content (AvgIpc) is 2.72. The van der Waals surface area contributed by atoms with Crippen LogP contribution in [0.5, 0.6) is 0 Å². The lowest BCUT2D eigenvalue weighted by atomic mass is 10.2. The Morgan fingerprint density at radius 2 is 1.44 bits per heavy atom. The second-order valence-electron chi connectivity index (χ2n) is 4.25. The van der Waals surface area contributed by atoms with Crippen LogP contribution in [0.25, 0.3) is 32.3 Å². The fourth-order valence-electron chi connectivity index (χ4n) is 2.16. The van der Waals surface area contributed by atoms with Crippen LogP contribution in [-0.2, 0) is 0 Å². The van der Waals surface area contributed by atoms with Crippen LogP contribution in [0.15, 0.2) is 36.4 Å². The molecule has 0 unspecified atom stereocenters. The van der Waals surface area contributed by atoms with Crippen molar-refractivity contribution < 1.29 is 0 Å². The lowest BCUT2D eigenvalue weighted by Gasteiger charge is -2.00. The first kappa shape index (κ1) is 9.91. The van der Waals surface area contributed by atoms with E-state index >= 15 is 0 Å². The van der Waals surface area contributed by atoms with Gasteiger partial charge in [0.05, 0.1) is 37.3 Å². The number of rotatable bonds is 0. The SMILES string of the molecule is Cc1nc2cc3nc4ccccc4nc3cc2s1. The van der Waals surface area contributed by atoms with Crippen LogP contribution in [0.2, 0.25) is 0 Å². The molecule has 2 aromatic carbocycles. The maximum absolute atomic E-state index is 4.65. The van der Waals surface area contributed by atoms with Crippen LogP contribution in [-0.4, -0.2) is 15.0 Å². The van der Waals surface area contributed by atoms with Crippen LogP contribution >= 0.6 is 11.3 Å². The van der Waals surface area contributed by atoms with Gasteiger partial charge < -0.3 is 0 Å². The number of nitrogens with zero attached hydrogens (tertiary/aromatic N) is 3. The van der Waals surface area contributed by atoms with E-state index in [0.29, 0.717) is 0 Å². The van der Waals surface area contributed by atoms with Gasteiger partial charge in [0.25, 0.3) is 0 Å². The second kappa shape index (κ2) is 3.46. The van der Waals surface area contributed by atoms with E-state index in [4.69, 9.17) is 0 Å². The van der Waals surface area contributed by atoms with Crippen LogP contribution < -0.4 is 0 Å². The molecule has 86 valence electrons. The molecule has 18 heavy (non-hydrogen) atoms. The molecular formula is C14H9N3S. The number of aryl methyl sites for hydroxylation is 1. The van der Waals surface area contributed by atoms with Crippen LogP contribution in [0.4, 0.5) is 0 Å². The van der Waals surface area contributed by atoms with Crippen molar-refractivity contribution in [2.24, 2.45) is 0 Å². The summed E-state index contributed by atoms with van der Waals surface area (Å²) in [4.78, 5) is 13.8. The Morgan fingerprint density at radius 3 is 2.17 bits per heavy atom. The molecule has 2 heterocycles. The van der Waals surface area contributed by atoms with Crippen molar-refractivity contribution >= 4 is 43.6 Å². The Hall–Kier alpha value is -2.07. The molecule has 0 aliphatic rings. The summed E-state index contributed by atoms with van der Waals surface area (Å²) in [6.07, 6.45) is 0. The van der Waals surface area contributed by atoms with Crippen molar-refractivity contribution in [1.82, 2.24) is 15.0 Å². The first-order valence-corrected chi connectivity index (χ1v) is 6.55. The van der Waals surface area contributed by atoms with Gasteiger partial charge in [-0.25, -0.2) is 15.0 Å². The molecule has 0 spiro atoms. The van der Waals surface area contributed by atoms with Gasteiger partial charge in [-0.1, -0.05) is 12.1 Å². The van der Waals surface area contributed by atoms with Crippen molar-refractivity contribution in [3.05, 3.63) is 41.4 Å². The zero-order valence-corrected chi connectivity index (χ0v) is 10.5. The maximum atomic E-state index is 4.65. The predicted octanol–water partition coefficient (Wildman–Crippen LogP) is 3.70. The fraction of sp³-hybridized carbons (Fsp3) is 0.0714. The lowest BCUT2D eigenvalue weighted by molar-refractivity contribution is 1.34. The number of para-hydroxylation sites is 2. The molecule has 0 fully saturated rings. The minimum Gasteiger partial charge on any atom is -0.244 e. The van der Waals surface area contributed by atoms with Crippen molar-refractivity contribution in [2.45, 2.75) is 6.92 Å². The molecule has 0 aliphatic carbocycles. The third-order valence-electron chi connectivity index (χ3n) is 2.96. The molecule has 0 saturated carbocycles. The normalized spacial score (nSPS) is 11.6. The highest BCUT2D eigenvalue weighted by Crippen LogP contribution is 2.26. The van der Waals surface area contributed by atoms with E-state index < -0.39 is 0 Å². The number of hydrogen-bond donors (Lipinski definition) is 0. The summed E-state index contributed by atoms with van der Waals surface area (Å²) in [5.74, 6) is 0. The first-order valence-electron chi connectivity index (χ1n) is 5.73. The standard InChI is InChI=1S/C14H9N3S/c1-8-15-13-6-11-12(7-14(13)18-8)17-10-5-3-2-4-9(10)16-11/h2-7H,1H3. The van der Waals surface area contributed by atoms with E-state index in [9.17, 15) is 0 Å². The Balaban J connectivity index is 2.19. The molecule has 0 aliphatic heterocycles. The van der Waals surface area contributed by atoms with E-state index in [1.807, 2.05) is 37.3 Å². The molecule has 0 bridgehead atoms. The Kier molecular flexibility index (Phi) is 1.91. The van der Waals surface area contributed by atoms with E-state index in [0.717, 1.165) is 32.6 Å². The summed E-state index contributed by atoms with van der Waals surface area (Å²) in [6, 6.07) is 12.0. The van der Waals surface area contributed by atoms with Gasteiger partial charge in [0.15, 0.2) is 0 Å². The molecule has 4 aromatic rings. The molecule has 2 aromatic heterocycles. The quantitative estimate of drug-likeness (QED) is 0.447. The number of aromatic nitrogens is 3. The van der Waals surface area contributed by atoms with Gasteiger partial charge in [-0.3, -0.25) is 0 Å². The molecule has 0 amide bonds. The van der Waals surface area contributed by atoms with Crippen LogP contribution in [0, 0.1) is 6.92 Å². The zero-order valence-electron chi connectivity index (χ0n) is 9.71. The monoisotopic (exact) mass is 251 g/mol. The maximum Gasteiger partial charge on any atom is 0.0917 e. The smallest absolute Gasteiger partial charge is 0.0917 e. The van der Waals surface area contributed by atoms with Gasteiger partial charge >= 0.3 is 0 Å². The van der Waals surface area contributed by atoms with E-state index in [1.54, 1.807) is 11.3 Å². The minimum atomic E-state index is 0.909. The third kappa shape index (κ3) is 1.39. The van der Waals surface area contributed by atoms with Crippen LogP contribution in [0.3, 0.4) is 0 Å². The second-order valence-corrected chi connectivity index (χ2v) is 5.49. The van der Waals surface area contributed by atoms with Gasteiger partial charge in [0.2, 0.25) is 0 Å². The van der Waals surface area contributed by atoms with E-state index in [2.05, 4.69) is 21.0 Å².